The lowest BCUT2D eigenvalue weighted by atomic mass is 9.92. The number of benzene rings is 2. The molecule has 1 atom stereocenters. The molecule has 4 rings (SSSR count). The second-order valence-electron chi connectivity index (χ2n) is 7.03. The Hall–Kier alpha value is -3.81. The maximum Gasteiger partial charge on any atom is 0.322 e. The number of nitrogens with zero attached hydrogens (tertiary/aromatic N) is 1. The summed E-state index contributed by atoms with van der Waals surface area (Å²) in [6, 6.07) is 12.0. The smallest absolute Gasteiger partial charge is 0.322 e. The molecule has 146 valence electrons. The highest BCUT2D eigenvalue weighted by molar-refractivity contribution is 6.08. The Labute approximate surface area is 165 Å². The van der Waals surface area contributed by atoms with Crippen LogP contribution in [-0.2, 0) is 10.3 Å². The van der Waals surface area contributed by atoms with E-state index in [4.69, 9.17) is 0 Å². The van der Waals surface area contributed by atoms with Crippen molar-refractivity contribution in [3.63, 3.8) is 0 Å². The van der Waals surface area contributed by atoms with Gasteiger partial charge in [0.05, 0.1) is 16.8 Å². The van der Waals surface area contributed by atoms with Crippen molar-refractivity contribution in [2.45, 2.75) is 19.4 Å². The van der Waals surface area contributed by atoms with Crippen LogP contribution in [-0.4, -0.2) is 22.8 Å². The zero-order valence-corrected chi connectivity index (χ0v) is 15.7. The summed E-state index contributed by atoms with van der Waals surface area (Å²) in [4.78, 5) is 40.8. The minimum Gasteiger partial charge on any atom is -0.322 e. The SMILES string of the molecule is Cc1nc2cc(F)ccc2cc1C(=O)Nc1cccc(C2(C)NC(=O)NC2=O)c1. The topological polar surface area (TPSA) is 100 Å². The highest BCUT2D eigenvalue weighted by Gasteiger charge is 2.43. The molecule has 1 saturated heterocycles. The summed E-state index contributed by atoms with van der Waals surface area (Å²) in [5.74, 6) is -1.24. The number of halogens is 1. The second kappa shape index (κ2) is 6.66. The average Bonchev–Trinajstić information content (AvgIpc) is 2.94. The van der Waals surface area contributed by atoms with Crippen LogP contribution in [0.2, 0.25) is 0 Å². The van der Waals surface area contributed by atoms with E-state index in [1.165, 1.54) is 12.1 Å². The monoisotopic (exact) mass is 392 g/mol. The Balaban J connectivity index is 1.63. The van der Waals surface area contributed by atoms with E-state index in [-0.39, 0.29) is 5.91 Å². The molecule has 3 N–H and O–H groups in total. The first-order valence-electron chi connectivity index (χ1n) is 8.89. The number of pyridine rings is 1. The molecule has 3 aromatic rings. The minimum absolute atomic E-state index is 0.354. The summed E-state index contributed by atoms with van der Waals surface area (Å²) < 4.78 is 13.4. The number of hydrogen-bond donors (Lipinski definition) is 3. The Morgan fingerprint density at radius 1 is 1.14 bits per heavy atom. The fraction of sp³-hybridized carbons (Fsp3) is 0.143. The quantitative estimate of drug-likeness (QED) is 0.597. The summed E-state index contributed by atoms with van der Waals surface area (Å²) in [6.07, 6.45) is 0. The first kappa shape index (κ1) is 18.5. The van der Waals surface area contributed by atoms with E-state index < -0.39 is 23.3 Å². The largest absolute Gasteiger partial charge is 0.322 e. The number of fused-ring (bicyclic) bond motifs is 1. The van der Waals surface area contributed by atoms with E-state index in [0.29, 0.717) is 33.4 Å². The third kappa shape index (κ3) is 3.29. The van der Waals surface area contributed by atoms with Crippen molar-refractivity contribution in [1.82, 2.24) is 15.6 Å². The lowest BCUT2D eigenvalue weighted by Gasteiger charge is -2.21. The van der Waals surface area contributed by atoms with Gasteiger partial charge in [0, 0.05) is 17.1 Å². The number of anilines is 1. The number of carbonyl (C=O) groups excluding carboxylic acids is 3. The summed E-state index contributed by atoms with van der Waals surface area (Å²) in [6.45, 7) is 3.26. The highest BCUT2D eigenvalue weighted by Crippen LogP contribution is 2.27. The molecule has 1 aromatic heterocycles. The van der Waals surface area contributed by atoms with Gasteiger partial charge in [0.15, 0.2) is 0 Å². The third-order valence-electron chi connectivity index (χ3n) is 4.96. The van der Waals surface area contributed by atoms with E-state index in [2.05, 4.69) is 20.9 Å². The van der Waals surface area contributed by atoms with Gasteiger partial charge in [-0.15, -0.1) is 0 Å². The van der Waals surface area contributed by atoms with Crippen molar-refractivity contribution in [3.8, 4) is 0 Å². The maximum atomic E-state index is 13.4. The lowest BCUT2D eigenvalue weighted by Crippen LogP contribution is -2.40. The maximum absolute atomic E-state index is 13.4. The van der Waals surface area contributed by atoms with Crippen molar-refractivity contribution in [1.29, 1.82) is 0 Å². The number of aromatic nitrogens is 1. The van der Waals surface area contributed by atoms with E-state index >= 15 is 0 Å². The van der Waals surface area contributed by atoms with Gasteiger partial charge in [-0.2, -0.15) is 0 Å². The van der Waals surface area contributed by atoms with Gasteiger partial charge < -0.3 is 10.6 Å². The predicted molar refractivity (Wildman–Crippen MR) is 105 cm³/mol. The van der Waals surface area contributed by atoms with Crippen molar-refractivity contribution in [3.05, 3.63) is 71.2 Å². The van der Waals surface area contributed by atoms with Gasteiger partial charge in [-0.25, -0.2) is 9.18 Å². The highest BCUT2D eigenvalue weighted by atomic mass is 19.1. The molecule has 7 nitrogen and oxygen atoms in total. The zero-order valence-electron chi connectivity index (χ0n) is 15.7. The van der Waals surface area contributed by atoms with Crippen molar-refractivity contribution in [2.24, 2.45) is 0 Å². The first-order chi connectivity index (χ1) is 13.8. The number of imide groups is 1. The summed E-state index contributed by atoms with van der Waals surface area (Å²) >= 11 is 0. The van der Waals surface area contributed by atoms with Gasteiger partial charge in [-0.3, -0.25) is 19.9 Å². The molecular formula is C21H17FN4O3. The Morgan fingerprint density at radius 2 is 1.93 bits per heavy atom. The van der Waals surface area contributed by atoms with Gasteiger partial charge in [0.1, 0.15) is 11.4 Å². The van der Waals surface area contributed by atoms with Crippen LogP contribution >= 0.6 is 0 Å². The third-order valence-corrected chi connectivity index (χ3v) is 4.96. The summed E-state index contributed by atoms with van der Waals surface area (Å²) in [7, 11) is 0. The number of amides is 4. The summed E-state index contributed by atoms with van der Waals surface area (Å²) in [5, 5.41) is 8.23. The molecule has 0 spiro atoms. The van der Waals surface area contributed by atoms with Gasteiger partial charge in [0.25, 0.3) is 11.8 Å². The summed E-state index contributed by atoms with van der Waals surface area (Å²) in [5.41, 5.74) is 1.06. The Morgan fingerprint density at radius 3 is 2.66 bits per heavy atom. The first-order valence-corrected chi connectivity index (χ1v) is 8.89. The van der Waals surface area contributed by atoms with Crippen LogP contribution in [0.15, 0.2) is 48.5 Å². The molecule has 1 unspecified atom stereocenters. The minimum atomic E-state index is -1.22. The molecule has 4 amide bonds. The zero-order chi connectivity index (χ0) is 20.8. The van der Waals surface area contributed by atoms with Crippen molar-refractivity contribution >= 4 is 34.4 Å². The molecule has 1 fully saturated rings. The fourth-order valence-electron chi connectivity index (χ4n) is 3.32. The molecule has 0 saturated carbocycles. The number of hydrogen-bond acceptors (Lipinski definition) is 4. The van der Waals surface area contributed by atoms with Crippen LogP contribution in [0.25, 0.3) is 10.9 Å². The molecule has 0 aliphatic carbocycles. The molecule has 8 heteroatoms. The Bertz CT molecular complexity index is 1190. The molecule has 0 radical (unpaired) electrons. The van der Waals surface area contributed by atoms with E-state index in [1.54, 1.807) is 50.2 Å². The number of urea groups is 1. The molecule has 2 heterocycles. The standard InChI is InChI=1S/C21H17FN4O3/c1-11-16(8-12-6-7-14(22)10-17(12)23-11)18(27)24-15-5-3-4-13(9-15)21(2)19(28)25-20(29)26-21/h3-10H,1-2H3,(H,24,27)(H2,25,26,28,29). The van der Waals surface area contributed by atoms with Crippen molar-refractivity contribution in [2.75, 3.05) is 5.32 Å². The van der Waals surface area contributed by atoms with Gasteiger partial charge >= 0.3 is 6.03 Å². The second-order valence-corrected chi connectivity index (χ2v) is 7.03. The van der Waals surface area contributed by atoms with Crippen LogP contribution in [0.5, 0.6) is 0 Å². The molecule has 1 aliphatic heterocycles. The fourth-order valence-corrected chi connectivity index (χ4v) is 3.32. The normalized spacial score (nSPS) is 18.4. The molecule has 29 heavy (non-hydrogen) atoms. The predicted octanol–water partition coefficient (Wildman–Crippen LogP) is 2.99. The van der Waals surface area contributed by atoms with Crippen LogP contribution in [0, 0.1) is 12.7 Å². The van der Waals surface area contributed by atoms with E-state index in [0.717, 1.165) is 0 Å². The van der Waals surface area contributed by atoms with Gasteiger partial charge in [-0.05, 0) is 49.7 Å². The molecule has 1 aliphatic rings. The number of rotatable bonds is 3. The van der Waals surface area contributed by atoms with Gasteiger partial charge in [0.2, 0.25) is 0 Å². The molecular weight excluding hydrogens is 375 g/mol. The molecule has 0 bridgehead atoms. The number of aryl methyl sites for hydroxylation is 1. The number of nitrogens with one attached hydrogen (secondary N) is 3. The molecule has 2 aromatic carbocycles. The van der Waals surface area contributed by atoms with Crippen molar-refractivity contribution < 1.29 is 18.8 Å². The number of carbonyl (C=O) groups is 3. The van der Waals surface area contributed by atoms with Gasteiger partial charge in [-0.1, -0.05) is 12.1 Å². The Kier molecular flexibility index (Phi) is 4.26. The van der Waals surface area contributed by atoms with Crippen LogP contribution in [0.4, 0.5) is 14.9 Å². The average molecular weight is 392 g/mol. The van der Waals surface area contributed by atoms with E-state index in [1.807, 2.05) is 0 Å². The van der Waals surface area contributed by atoms with E-state index in [9.17, 15) is 18.8 Å². The lowest BCUT2D eigenvalue weighted by molar-refractivity contribution is -0.123. The van der Waals surface area contributed by atoms with Crippen LogP contribution in [0.3, 0.4) is 0 Å². The van der Waals surface area contributed by atoms with Crippen LogP contribution < -0.4 is 16.0 Å². The van der Waals surface area contributed by atoms with Crippen LogP contribution in [0.1, 0.15) is 28.5 Å².